The molecule has 1 heteroatoms. The highest BCUT2D eigenvalue weighted by Crippen LogP contribution is 2.11. The smallest absolute Gasteiger partial charge is 0.0512 e. The first kappa shape index (κ1) is 40.6. The molecule has 1 atom stereocenters. The molecule has 0 bridgehead atoms. The molecule has 0 heterocycles. The summed E-state index contributed by atoms with van der Waals surface area (Å²) in [5.74, 6) is 0.833. The quantitative estimate of drug-likeness (QED) is 0.375. The summed E-state index contributed by atoms with van der Waals surface area (Å²) in [6.45, 7) is 26.6. The monoisotopic (exact) mass is 378 g/mol. The van der Waals surface area contributed by atoms with E-state index in [-0.39, 0.29) is 6.10 Å². The van der Waals surface area contributed by atoms with Crippen molar-refractivity contribution >= 4 is 0 Å². The normalized spacial score (nSPS) is 9.35. The highest BCUT2D eigenvalue weighted by Gasteiger charge is 1.95. The highest BCUT2D eigenvalue weighted by molar-refractivity contribution is 4.50. The van der Waals surface area contributed by atoms with Gasteiger partial charge in [0.05, 0.1) is 6.10 Å². The maximum Gasteiger partial charge on any atom is 0.0512 e. The van der Waals surface area contributed by atoms with E-state index in [9.17, 15) is 0 Å². The lowest BCUT2D eigenvalue weighted by atomic mass is 10.1. The molecule has 1 nitrogen and oxygen atoms in total. The van der Waals surface area contributed by atoms with Crippen LogP contribution in [0.4, 0.5) is 0 Å². The Hall–Kier alpha value is -0.0400. The molecule has 26 heavy (non-hydrogen) atoms. The molecule has 168 valence electrons. The fourth-order valence-electron chi connectivity index (χ4n) is 1.75. The number of hydrogen-bond donors (Lipinski definition) is 1. The molecule has 1 N–H and O–H groups in total. The zero-order chi connectivity index (χ0) is 22.2. The Kier molecular flexibility index (Phi) is 87.8. The van der Waals surface area contributed by atoms with Crippen molar-refractivity contribution in [1.29, 1.82) is 0 Å². The molecular formula is C25H62O. The molecule has 0 aromatic heterocycles. The molecule has 0 fully saturated rings. The van der Waals surface area contributed by atoms with Crippen LogP contribution in [0.25, 0.3) is 0 Å². The van der Waals surface area contributed by atoms with Crippen molar-refractivity contribution in [3.63, 3.8) is 0 Å². The molecule has 0 spiro atoms. The van der Waals surface area contributed by atoms with E-state index in [4.69, 9.17) is 5.11 Å². The predicted octanol–water partition coefficient (Wildman–Crippen LogP) is 10.1. The number of hydrogen-bond acceptors (Lipinski definition) is 1. The molecule has 0 rings (SSSR count). The van der Waals surface area contributed by atoms with Gasteiger partial charge in [0.15, 0.2) is 0 Å². The Morgan fingerprint density at radius 2 is 0.731 bits per heavy atom. The van der Waals surface area contributed by atoms with Gasteiger partial charge in [0.1, 0.15) is 0 Å². The zero-order valence-corrected chi connectivity index (χ0v) is 21.7. The summed E-state index contributed by atoms with van der Waals surface area (Å²) in [5, 5.41) is 9.05. The van der Waals surface area contributed by atoms with Crippen LogP contribution in [0.1, 0.15) is 154 Å². The minimum Gasteiger partial charge on any atom is -0.393 e. The van der Waals surface area contributed by atoms with E-state index in [0.29, 0.717) is 0 Å². The molecular weight excluding hydrogens is 316 g/mol. The SMILES string of the molecule is CC.CC.CC.CC.CC(C)C.CCCCCCCCCCCC(C)O. The van der Waals surface area contributed by atoms with E-state index in [1.165, 1.54) is 57.8 Å². The topological polar surface area (TPSA) is 20.2 Å². The van der Waals surface area contributed by atoms with Gasteiger partial charge in [0.25, 0.3) is 0 Å². The molecule has 0 aliphatic rings. The molecule has 0 aromatic rings. The van der Waals surface area contributed by atoms with Gasteiger partial charge in [-0.3, -0.25) is 0 Å². The number of aliphatic hydroxyl groups excluding tert-OH is 1. The Bertz CT molecular complexity index is 127. The van der Waals surface area contributed by atoms with Gasteiger partial charge < -0.3 is 5.11 Å². The maximum atomic E-state index is 9.05. The van der Waals surface area contributed by atoms with Gasteiger partial charge in [0, 0.05) is 0 Å². The molecule has 0 amide bonds. The van der Waals surface area contributed by atoms with Crippen LogP contribution in [0.15, 0.2) is 0 Å². The lowest BCUT2D eigenvalue weighted by Crippen LogP contribution is -1.98. The van der Waals surface area contributed by atoms with E-state index in [0.717, 1.165) is 12.3 Å². The Labute approximate surface area is 171 Å². The molecule has 0 radical (unpaired) electrons. The van der Waals surface area contributed by atoms with Crippen LogP contribution in [0.5, 0.6) is 0 Å². The van der Waals surface area contributed by atoms with Crippen LogP contribution >= 0.6 is 0 Å². The second-order valence-corrected chi connectivity index (χ2v) is 6.20. The third kappa shape index (κ3) is 105. The molecule has 1 unspecified atom stereocenters. The summed E-state index contributed by atoms with van der Waals surface area (Å²) >= 11 is 0. The first-order chi connectivity index (χ1) is 12.5. The number of rotatable bonds is 10. The summed E-state index contributed by atoms with van der Waals surface area (Å²) in [6.07, 6.45) is 13.1. The standard InChI is InChI=1S/C13H28O.C4H10.4C2H6/c1-3-4-5-6-7-8-9-10-11-12-13(2)14;1-4(2)3;4*1-2/h13-14H,3-12H2,1-2H3;4H,1-3H3;4*1-2H3. The van der Waals surface area contributed by atoms with Crippen molar-refractivity contribution < 1.29 is 5.11 Å². The predicted molar refractivity (Wildman–Crippen MR) is 129 cm³/mol. The molecule has 0 saturated heterocycles. The number of aliphatic hydroxyl groups is 1. The van der Waals surface area contributed by atoms with E-state index in [1.54, 1.807) is 0 Å². The van der Waals surface area contributed by atoms with Crippen molar-refractivity contribution in [3.05, 3.63) is 0 Å². The van der Waals surface area contributed by atoms with Crippen LogP contribution in [0, 0.1) is 5.92 Å². The minimum atomic E-state index is -0.0976. The first-order valence-electron chi connectivity index (χ1n) is 12.2. The highest BCUT2D eigenvalue weighted by atomic mass is 16.3. The lowest BCUT2D eigenvalue weighted by Gasteiger charge is -2.03. The van der Waals surface area contributed by atoms with Crippen LogP contribution in [0.3, 0.4) is 0 Å². The van der Waals surface area contributed by atoms with Crippen molar-refractivity contribution in [2.75, 3.05) is 0 Å². The number of unbranched alkanes of at least 4 members (excludes halogenated alkanes) is 8. The van der Waals surface area contributed by atoms with Crippen LogP contribution in [-0.4, -0.2) is 11.2 Å². The fraction of sp³-hybridized carbons (Fsp3) is 1.00. The second-order valence-electron chi connectivity index (χ2n) is 6.20. The summed E-state index contributed by atoms with van der Waals surface area (Å²) in [4.78, 5) is 0. The van der Waals surface area contributed by atoms with Gasteiger partial charge in [-0.15, -0.1) is 0 Å². The summed E-state index contributed by atoms with van der Waals surface area (Å²) in [6, 6.07) is 0. The van der Waals surface area contributed by atoms with E-state index < -0.39 is 0 Å². The third-order valence-corrected chi connectivity index (χ3v) is 2.73. The summed E-state index contributed by atoms with van der Waals surface area (Å²) < 4.78 is 0. The van der Waals surface area contributed by atoms with Crippen molar-refractivity contribution in [1.82, 2.24) is 0 Å². The van der Waals surface area contributed by atoms with Crippen LogP contribution < -0.4 is 0 Å². The van der Waals surface area contributed by atoms with Crippen LogP contribution in [-0.2, 0) is 0 Å². The second kappa shape index (κ2) is 56.3. The third-order valence-electron chi connectivity index (χ3n) is 2.73. The van der Waals surface area contributed by atoms with Crippen LogP contribution in [0.2, 0.25) is 0 Å². The molecule has 0 aromatic carbocycles. The largest absolute Gasteiger partial charge is 0.393 e. The maximum absolute atomic E-state index is 9.05. The van der Waals surface area contributed by atoms with Gasteiger partial charge >= 0.3 is 0 Å². The van der Waals surface area contributed by atoms with Crippen molar-refractivity contribution in [2.24, 2.45) is 5.92 Å². The van der Waals surface area contributed by atoms with Gasteiger partial charge in [-0.2, -0.15) is 0 Å². The van der Waals surface area contributed by atoms with Crippen molar-refractivity contribution in [2.45, 2.75) is 160 Å². The minimum absolute atomic E-state index is 0.0976. The fourth-order valence-corrected chi connectivity index (χ4v) is 1.75. The average molecular weight is 379 g/mol. The summed E-state index contributed by atoms with van der Waals surface area (Å²) in [7, 11) is 0. The molecule has 0 aliphatic heterocycles. The van der Waals surface area contributed by atoms with E-state index >= 15 is 0 Å². The van der Waals surface area contributed by atoms with Gasteiger partial charge in [-0.1, -0.05) is 141 Å². The zero-order valence-electron chi connectivity index (χ0n) is 21.7. The first-order valence-corrected chi connectivity index (χ1v) is 12.2. The summed E-state index contributed by atoms with van der Waals surface area (Å²) in [5.41, 5.74) is 0. The molecule has 0 aliphatic carbocycles. The van der Waals surface area contributed by atoms with E-state index in [1.807, 2.05) is 62.3 Å². The van der Waals surface area contributed by atoms with Crippen molar-refractivity contribution in [3.8, 4) is 0 Å². The average Bonchev–Trinajstić information content (AvgIpc) is 2.66. The van der Waals surface area contributed by atoms with Gasteiger partial charge in [0.2, 0.25) is 0 Å². The van der Waals surface area contributed by atoms with Gasteiger partial charge in [-0.05, 0) is 19.3 Å². The Morgan fingerprint density at radius 3 is 0.962 bits per heavy atom. The Morgan fingerprint density at radius 1 is 0.500 bits per heavy atom. The van der Waals surface area contributed by atoms with E-state index in [2.05, 4.69) is 27.7 Å². The van der Waals surface area contributed by atoms with Gasteiger partial charge in [-0.25, -0.2) is 0 Å². The molecule has 0 saturated carbocycles. The Balaban J connectivity index is -0.0000000693. The lowest BCUT2D eigenvalue weighted by molar-refractivity contribution is 0.180.